The van der Waals surface area contributed by atoms with Gasteiger partial charge >= 0.3 is 6.03 Å². The fourth-order valence-corrected chi connectivity index (χ4v) is 4.79. The van der Waals surface area contributed by atoms with Crippen LogP contribution in [0.3, 0.4) is 0 Å². The minimum absolute atomic E-state index is 0.0598. The summed E-state index contributed by atoms with van der Waals surface area (Å²) in [5.74, 6) is 0.155. The standard InChI is InChI=1S/C23H31N5O2/c24-16-19-5-7-20(8-6-19)17-25-12-14-26(15-13-25)22(29)21-4-3-11-28(18-21)23(30)27-9-1-2-10-27/h5-8,21H,1-4,9-15,17-18H2. The topological polar surface area (TPSA) is 70.9 Å². The summed E-state index contributed by atoms with van der Waals surface area (Å²) in [7, 11) is 0. The Kier molecular flexibility index (Phi) is 6.53. The van der Waals surface area contributed by atoms with Gasteiger partial charge in [-0.2, -0.15) is 5.26 Å². The third-order valence-electron chi connectivity index (χ3n) is 6.59. The Morgan fingerprint density at radius 3 is 2.20 bits per heavy atom. The quantitative estimate of drug-likeness (QED) is 0.767. The van der Waals surface area contributed by atoms with E-state index in [0.29, 0.717) is 12.1 Å². The summed E-state index contributed by atoms with van der Waals surface area (Å²) in [6, 6.07) is 9.99. The van der Waals surface area contributed by atoms with E-state index in [0.717, 1.165) is 78.0 Å². The molecule has 160 valence electrons. The zero-order valence-corrected chi connectivity index (χ0v) is 17.6. The first-order valence-corrected chi connectivity index (χ1v) is 11.2. The van der Waals surface area contributed by atoms with E-state index in [1.807, 2.05) is 39.0 Å². The van der Waals surface area contributed by atoms with E-state index in [9.17, 15) is 9.59 Å². The molecule has 0 aromatic heterocycles. The largest absolute Gasteiger partial charge is 0.340 e. The van der Waals surface area contributed by atoms with Gasteiger partial charge in [0.05, 0.1) is 17.6 Å². The van der Waals surface area contributed by atoms with Crippen LogP contribution in [0.2, 0.25) is 0 Å². The van der Waals surface area contributed by atoms with Crippen molar-refractivity contribution in [2.75, 3.05) is 52.4 Å². The predicted molar refractivity (Wildman–Crippen MR) is 114 cm³/mol. The lowest BCUT2D eigenvalue weighted by molar-refractivity contribution is -0.138. The summed E-state index contributed by atoms with van der Waals surface area (Å²) in [5.41, 5.74) is 1.87. The van der Waals surface area contributed by atoms with Crippen molar-refractivity contribution in [2.24, 2.45) is 5.92 Å². The zero-order chi connectivity index (χ0) is 20.9. The summed E-state index contributed by atoms with van der Waals surface area (Å²) in [6.07, 6.45) is 3.98. The number of benzene rings is 1. The molecule has 1 aromatic carbocycles. The molecule has 0 bridgehead atoms. The summed E-state index contributed by atoms with van der Waals surface area (Å²) < 4.78 is 0. The summed E-state index contributed by atoms with van der Waals surface area (Å²) >= 11 is 0. The minimum Gasteiger partial charge on any atom is -0.340 e. The average Bonchev–Trinajstić information content (AvgIpc) is 3.34. The summed E-state index contributed by atoms with van der Waals surface area (Å²) in [6.45, 7) is 7.10. The predicted octanol–water partition coefficient (Wildman–Crippen LogP) is 2.13. The Hall–Kier alpha value is -2.59. The number of carbonyl (C=O) groups is 2. The lowest BCUT2D eigenvalue weighted by atomic mass is 9.96. The van der Waals surface area contributed by atoms with Gasteiger partial charge in [-0.25, -0.2) is 4.79 Å². The van der Waals surface area contributed by atoms with Crippen LogP contribution in [0.4, 0.5) is 4.79 Å². The molecule has 0 spiro atoms. The second kappa shape index (κ2) is 9.48. The molecule has 0 saturated carbocycles. The normalized spacial score (nSPS) is 22.8. The van der Waals surface area contributed by atoms with Crippen molar-refractivity contribution in [2.45, 2.75) is 32.2 Å². The Labute approximate surface area is 178 Å². The van der Waals surface area contributed by atoms with Crippen LogP contribution in [0.1, 0.15) is 36.8 Å². The first-order valence-electron chi connectivity index (χ1n) is 11.2. The van der Waals surface area contributed by atoms with E-state index in [2.05, 4.69) is 11.0 Å². The van der Waals surface area contributed by atoms with Gasteiger partial charge in [-0.3, -0.25) is 9.69 Å². The molecule has 0 aliphatic carbocycles. The molecule has 1 unspecified atom stereocenters. The number of urea groups is 1. The van der Waals surface area contributed by atoms with Crippen LogP contribution in [0.5, 0.6) is 0 Å². The van der Waals surface area contributed by atoms with Crippen molar-refractivity contribution in [1.29, 1.82) is 5.26 Å². The molecule has 0 N–H and O–H groups in total. The number of nitrogens with zero attached hydrogens (tertiary/aromatic N) is 5. The number of hydrogen-bond acceptors (Lipinski definition) is 4. The van der Waals surface area contributed by atoms with Crippen molar-refractivity contribution in [3.63, 3.8) is 0 Å². The van der Waals surface area contributed by atoms with E-state index in [1.54, 1.807) is 0 Å². The first kappa shape index (κ1) is 20.7. The molecule has 3 aliphatic rings. The fourth-order valence-electron chi connectivity index (χ4n) is 4.79. The molecule has 7 nitrogen and oxygen atoms in total. The Balaban J connectivity index is 1.26. The number of piperazine rings is 1. The molecule has 3 aliphatic heterocycles. The van der Waals surface area contributed by atoms with Crippen LogP contribution in [-0.4, -0.2) is 83.9 Å². The van der Waals surface area contributed by atoms with Gasteiger partial charge in [0.15, 0.2) is 0 Å². The molecule has 3 fully saturated rings. The number of carbonyl (C=O) groups excluding carboxylic acids is 2. The second-order valence-corrected chi connectivity index (χ2v) is 8.67. The number of hydrogen-bond donors (Lipinski definition) is 0. The van der Waals surface area contributed by atoms with E-state index in [-0.39, 0.29) is 17.9 Å². The van der Waals surface area contributed by atoms with Crippen LogP contribution in [0.25, 0.3) is 0 Å². The van der Waals surface area contributed by atoms with E-state index in [4.69, 9.17) is 5.26 Å². The summed E-state index contributed by atoms with van der Waals surface area (Å²) in [4.78, 5) is 34.0. The van der Waals surface area contributed by atoms with Gasteiger partial charge in [0.1, 0.15) is 0 Å². The molecule has 3 saturated heterocycles. The van der Waals surface area contributed by atoms with Gasteiger partial charge in [-0.05, 0) is 43.4 Å². The van der Waals surface area contributed by atoms with Crippen LogP contribution in [0, 0.1) is 17.2 Å². The first-order chi connectivity index (χ1) is 14.6. The molecule has 7 heteroatoms. The molecule has 3 heterocycles. The second-order valence-electron chi connectivity index (χ2n) is 8.67. The van der Waals surface area contributed by atoms with Crippen molar-refractivity contribution in [3.05, 3.63) is 35.4 Å². The highest BCUT2D eigenvalue weighted by Gasteiger charge is 2.34. The lowest BCUT2D eigenvalue weighted by Crippen LogP contribution is -2.54. The molecular formula is C23H31N5O2. The molecular weight excluding hydrogens is 378 g/mol. The van der Waals surface area contributed by atoms with Gasteiger partial charge in [0, 0.05) is 58.9 Å². The Bertz CT molecular complexity index is 789. The SMILES string of the molecule is N#Cc1ccc(CN2CCN(C(=O)C3CCCN(C(=O)N4CCCC4)C3)CC2)cc1. The zero-order valence-electron chi connectivity index (χ0n) is 17.6. The number of rotatable bonds is 3. The third-order valence-corrected chi connectivity index (χ3v) is 6.59. The maximum absolute atomic E-state index is 13.1. The highest BCUT2D eigenvalue weighted by atomic mass is 16.2. The third kappa shape index (κ3) is 4.76. The highest BCUT2D eigenvalue weighted by Crippen LogP contribution is 2.22. The van der Waals surface area contributed by atoms with Gasteiger partial charge in [-0.1, -0.05) is 12.1 Å². The molecule has 1 aromatic rings. The molecule has 3 amide bonds. The minimum atomic E-state index is -0.0598. The Morgan fingerprint density at radius 2 is 1.53 bits per heavy atom. The number of nitriles is 1. The van der Waals surface area contributed by atoms with Crippen LogP contribution >= 0.6 is 0 Å². The fraction of sp³-hybridized carbons (Fsp3) is 0.609. The van der Waals surface area contributed by atoms with Gasteiger partial charge in [-0.15, -0.1) is 0 Å². The van der Waals surface area contributed by atoms with E-state index in [1.165, 1.54) is 5.56 Å². The van der Waals surface area contributed by atoms with Gasteiger partial charge in [0.25, 0.3) is 0 Å². The lowest BCUT2D eigenvalue weighted by Gasteiger charge is -2.39. The maximum Gasteiger partial charge on any atom is 0.320 e. The molecule has 4 rings (SSSR count). The molecule has 1 atom stereocenters. The number of likely N-dealkylation sites (tertiary alicyclic amines) is 2. The van der Waals surface area contributed by atoms with Crippen molar-refractivity contribution in [1.82, 2.24) is 19.6 Å². The van der Waals surface area contributed by atoms with Gasteiger partial charge in [0.2, 0.25) is 5.91 Å². The van der Waals surface area contributed by atoms with E-state index >= 15 is 0 Å². The Morgan fingerprint density at radius 1 is 0.867 bits per heavy atom. The van der Waals surface area contributed by atoms with Crippen molar-refractivity contribution in [3.8, 4) is 6.07 Å². The molecule has 30 heavy (non-hydrogen) atoms. The maximum atomic E-state index is 13.1. The smallest absolute Gasteiger partial charge is 0.320 e. The highest BCUT2D eigenvalue weighted by molar-refractivity contribution is 5.81. The average molecular weight is 410 g/mol. The number of amides is 3. The van der Waals surface area contributed by atoms with Gasteiger partial charge < -0.3 is 14.7 Å². The van der Waals surface area contributed by atoms with Crippen LogP contribution in [0.15, 0.2) is 24.3 Å². The van der Waals surface area contributed by atoms with E-state index < -0.39 is 0 Å². The monoisotopic (exact) mass is 409 g/mol. The van der Waals surface area contributed by atoms with Crippen LogP contribution < -0.4 is 0 Å². The molecule has 0 radical (unpaired) electrons. The van der Waals surface area contributed by atoms with Crippen molar-refractivity contribution < 1.29 is 9.59 Å². The van der Waals surface area contributed by atoms with Crippen LogP contribution in [-0.2, 0) is 11.3 Å². The summed E-state index contributed by atoms with van der Waals surface area (Å²) in [5, 5.41) is 8.92. The van der Waals surface area contributed by atoms with Crippen molar-refractivity contribution >= 4 is 11.9 Å². The number of piperidine rings is 1.